The van der Waals surface area contributed by atoms with Crippen molar-refractivity contribution < 1.29 is 8.83 Å². The molecule has 2 heteroatoms. The second-order valence-electron chi connectivity index (χ2n) is 13.9. The Labute approximate surface area is 297 Å². The zero-order valence-corrected chi connectivity index (χ0v) is 28.0. The molecule has 0 unspecified atom stereocenters. The van der Waals surface area contributed by atoms with E-state index >= 15 is 0 Å². The molecule has 0 saturated heterocycles. The molecule has 2 heterocycles. The van der Waals surface area contributed by atoms with Gasteiger partial charge in [-0.15, -0.1) is 0 Å². The van der Waals surface area contributed by atoms with Gasteiger partial charge < -0.3 is 8.83 Å². The molecule has 240 valence electrons. The van der Waals surface area contributed by atoms with Gasteiger partial charge in [-0.3, -0.25) is 0 Å². The van der Waals surface area contributed by atoms with E-state index in [0.717, 1.165) is 54.8 Å². The number of hydrogen-bond donors (Lipinski definition) is 0. The highest BCUT2D eigenvalue weighted by atomic mass is 16.3. The van der Waals surface area contributed by atoms with Crippen LogP contribution in [0.25, 0.3) is 120 Å². The van der Waals surface area contributed by atoms with Crippen LogP contribution in [0.2, 0.25) is 0 Å². The largest absolute Gasteiger partial charge is 0.456 e. The topological polar surface area (TPSA) is 26.3 Å². The maximum Gasteiger partial charge on any atom is 0.143 e. The van der Waals surface area contributed by atoms with Crippen LogP contribution in [0.1, 0.15) is 0 Å². The summed E-state index contributed by atoms with van der Waals surface area (Å²) in [5.74, 6) is 0. The lowest BCUT2D eigenvalue weighted by Crippen LogP contribution is -1.92. The zero-order valence-electron chi connectivity index (χ0n) is 28.0. The first-order chi connectivity index (χ1) is 25.8. The van der Waals surface area contributed by atoms with Crippen LogP contribution in [0, 0.1) is 0 Å². The smallest absolute Gasteiger partial charge is 0.143 e. The Balaban J connectivity index is 1.26. The molecule has 0 fully saturated rings. The molecule has 12 rings (SSSR count). The Morgan fingerprint density at radius 3 is 1.52 bits per heavy atom. The molecule has 2 aromatic heterocycles. The Hall–Kier alpha value is -6.90. The van der Waals surface area contributed by atoms with Gasteiger partial charge in [0.1, 0.15) is 22.3 Å². The summed E-state index contributed by atoms with van der Waals surface area (Å²) in [5.41, 5.74) is 8.32. The zero-order chi connectivity index (χ0) is 33.9. The molecular weight excluding hydrogens is 633 g/mol. The fourth-order valence-corrected chi connectivity index (χ4v) is 9.08. The van der Waals surface area contributed by atoms with Crippen molar-refractivity contribution in [1.82, 2.24) is 0 Å². The van der Waals surface area contributed by atoms with Crippen LogP contribution >= 0.6 is 0 Å². The van der Waals surface area contributed by atoms with Crippen molar-refractivity contribution in [2.75, 3.05) is 0 Å². The molecule has 0 bridgehead atoms. The average molecular weight is 661 g/mol. The Kier molecular flexibility index (Phi) is 5.53. The quantitative estimate of drug-likeness (QED) is 0.136. The van der Waals surface area contributed by atoms with E-state index in [0.29, 0.717) is 0 Å². The van der Waals surface area contributed by atoms with Gasteiger partial charge in [0, 0.05) is 38.1 Å². The van der Waals surface area contributed by atoms with Crippen LogP contribution in [0.4, 0.5) is 0 Å². The highest BCUT2D eigenvalue weighted by molar-refractivity contribution is 6.35. The molecule has 0 aliphatic carbocycles. The second-order valence-corrected chi connectivity index (χ2v) is 13.9. The van der Waals surface area contributed by atoms with Gasteiger partial charge in [-0.05, 0) is 83.9 Å². The van der Waals surface area contributed by atoms with E-state index in [4.69, 9.17) is 8.83 Å². The molecule has 0 aliphatic heterocycles. The van der Waals surface area contributed by atoms with Crippen molar-refractivity contribution in [3.05, 3.63) is 170 Å². The van der Waals surface area contributed by atoms with E-state index in [2.05, 4.69) is 164 Å². The molecule has 0 amide bonds. The van der Waals surface area contributed by atoms with E-state index in [1.54, 1.807) is 0 Å². The van der Waals surface area contributed by atoms with E-state index in [1.165, 1.54) is 65.2 Å². The molecule has 0 spiro atoms. The van der Waals surface area contributed by atoms with Gasteiger partial charge in [0.05, 0.1) is 0 Å². The molecule has 52 heavy (non-hydrogen) atoms. The molecule has 12 aromatic rings. The minimum Gasteiger partial charge on any atom is -0.456 e. The van der Waals surface area contributed by atoms with Gasteiger partial charge >= 0.3 is 0 Å². The van der Waals surface area contributed by atoms with Crippen LogP contribution < -0.4 is 0 Å². The lowest BCUT2D eigenvalue weighted by Gasteiger charge is -2.19. The highest BCUT2D eigenvalue weighted by Gasteiger charge is 2.24. The second kappa shape index (κ2) is 10.3. The number of furan rings is 2. The summed E-state index contributed by atoms with van der Waals surface area (Å²) < 4.78 is 13.4. The lowest BCUT2D eigenvalue weighted by atomic mass is 9.83. The van der Waals surface area contributed by atoms with Crippen LogP contribution in [0.15, 0.2) is 179 Å². The van der Waals surface area contributed by atoms with Gasteiger partial charge in [-0.2, -0.15) is 0 Å². The van der Waals surface area contributed by atoms with Crippen molar-refractivity contribution in [2.45, 2.75) is 0 Å². The maximum absolute atomic E-state index is 6.96. The molecule has 0 aliphatic rings. The van der Waals surface area contributed by atoms with Crippen LogP contribution in [0.3, 0.4) is 0 Å². The predicted molar refractivity (Wildman–Crippen MR) is 219 cm³/mol. The Morgan fingerprint density at radius 2 is 0.808 bits per heavy atom. The first-order valence-corrected chi connectivity index (χ1v) is 17.8. The Bertz CT molecular complexity index is 3410. The summed E-state index contributed by atoms with van der Waals surface area (Å²) in [7, 11) is 0. The van der Waals surface area contributed by atoms with Gasteiger partial charge in [0.25, 0.3) is 0 Å². The van der Waals surface area contributed by atoms with Crippen LogP contribution in [0.5, 0.6) is 0 Å². The summed E-state index contributed by atoms with van der Waals surface area (Å²) in [6.45, 7) is 0. The third kappa shape index (κ3) is 3.68. The SMILES string of the molecule is c1ccc2c(c1)ccc1c(-c3c4ccccc4c(-c4cc5ccc6oc7ccccc7c6c5c5c4oc4ccccc45)c4ccccc34)cccc12. The summed E-state index contributed by atoms with van der Waals surface area (Å²) in [6, 6.07) is 61.3. The minimum atomic E-state index is 0.879. The van der Waals surface area contributed by atoms with E-state index < -0.39 is 0 Å². The van der Waals surface area contributed by atoms with Crippen molar-refractivity contribution in [3.8, 4) is 22.3 Å². The average Bonchev–Trinajstić information content (AvgIpc) is 3.79. The van der Waals surface area contributed by atoms with Crippen molar-refractivity contribution in [2.24, 2.45) is 0 Å². The number of rotatable bonds is 2. The molecule has 0 N–H and O–H groups in total. The van der Waals surface area contributed by atoms with Gasteiger partial charge in [0.15, 0.2) is 0 Å². The maximum atomic E-state index is 6.96. The number of fused-ring (bicyclic) bond motifs is 14. The van der Waals surface area contributed by atoms with Gasteiger partial charge in [-0.1, -0.05) is 146 Å². The monoisotopic (exact) mass is 660 g/mol. The standard InChI is InChI=1S/C50H28O2/c1-2-13-31-29(12-1)24-26-33-32(31)20-11-21-34(33)46-35-14-3-5-16-37(35)47(38-17-6-4-15-36(38)46)41-28-30-25-27-44-48(39-18-7-9-22-42(39)51-44)45(30)49-40-19-8-10-23-43(40)52-50(41)49/h1-28H. The molecule has 0 radical (unpaired) electrons. The van der Waals surface area contributed by atoms with Crippen LogP contribution in [-0.2, 0) is 0 Å². The van der Waals surface area contributed by atoms with Crippen LogP contribution in [-0.4, -0.2) is 0 Å². The van der Waals surface area contributed by atoms with E-state index in [1.807, 2.05) is 6.07 Å². The first-order valence-electron chi connectivity index (χ1n) is 17.8. The molecule has 0 atom stereocenters. The molecule has 0 saturated carbocycles. The Morgan fingerprint density at radius 1 is 0.269 bits per heavy atom. The normalized spacial score (nSPS) is 12.2. The lowest BCUT2D eigenvalue weighted by molar-refractivity contribution is 0.669. The third-order valence-corrected chi connectivity index (χ3v) is 11.2. The molecule has 2 nitrogen and oxygen atoms in total. The fraction of sp³-hybridized carbons (Fsp3) is 0. The van der Waals surface area contributed by atoms with Gasteiger partial charge in [0.2, 0.25) is 0 Å². The minimum absolute atomic E-state index is 0.879. The van der Waals surface area contributed by atoms with Crippen molar-refractivity contribution in [3.63, 3.8) is 0 Å². The third-order valence-electron chi connectivity index (χ3n) is 11.2. The summed E-state index contributed by atoms with van der Waals surface area (Å²) in [4.78, 5) is 0. The molecular formula is C50H28O2. The molecule has 10 aromatic carbocycles. The summed E-state index contributed by atoms with van der Waals surface area (Å²) in [6.07, 6.45) is 0. The van der Waals surface area contributed by atoms with Crippen molar-refractivity contribution in [1.29, 1.82) is 0 Å². The highest BCUT2D eigenvalue weighted by Crippen LogP contribution is 2.50. The van der Waals surface area contributed by atoms with E-state index in [9.17, 15) is 0 Å². The van der Waals surface area contributed by atoms with Crippen molar-refractivity contribution >= 4 is 97.7 Å². The number of hydrogen-bond acceptors (Lipinski definition) is 2. The fourth-order valence-electron chi connectivity index (χ4n) is 9.08. The summed E-state index contributed by atoms with van der Waals surface area (Å²) >= 11 is 0. The number of benzene rings is 10. The van der Waals surface area contributed by atoms with Gasteiger partial charge in [-0.25, -0.2) is 0 Å². The summed E-state index contributed by atoms with van der Waals surface area (Å²) in [5, 5.41) is 16.7. The first kappa shape index (κ1) is 27.9. The van der Waals surface area contributed by atoms with E-state index in [-0.39, 0.29) is 0 Å². The number of para-hydroxylation sites is 2. The predicted octanol–water partition coefficient (Wildman–Crippen LogP) is 14.6.